The van der Waals surface area contributed by atoms with Crippen LogP contribution in [0.3, 0.4) is 0 Å². The van der Waals surface area contributed by atoms with E-state index in [-0.39, 0.29) is 0 Å². The minimum absolute atomic E-state index is 1.04. The average molecular weight is 544 g/mol. The third-order valence-corrected chi connectivity index (χ3v) is 8.85. The van der Waals surface area contributed by atoms with E-state index in [4.69, 9.17) is 5.10 Å². The fraction of sp³-hybridized carbons (Fsp3) is 0.154. The van der Waals surface area contributed by atoms with E-state index in [1.54, 1.807) is 0 Å². The molecule has 0 amide bonds. The molecule has 0 bridgehead atoms. The SMILES string of the molecule is C(=C1c2ccccc2-c2ccccc21)c1ccc(N(/N=C/c2cc3c4c(c2)CCCN4CCC3)c2ccccc2)cc1. The number of anilines is 3. The number of aryl methyl sites for hydroxylation is 2. The minimum Gasteiger partial charge on any atom is -0.371 e. The summed E-state index contributed by atoms with van der Waals surface area (Å²) in [5.41, 5.74) is 15.4. The molecule has 0 saturated heterocycles. The lowest BCUT2D eigenvalue weighted by molar-refractivity contribution is 0.634. The second kappa shape index (κ2) is 10.5. The van der Waals surface area contributed by atoms with Gasteiger partial charge in [-0.2, -0.15) is 5.10 Å². The molecule has 3 aliphatic rings. The Morgan fingerprint density at radius 1 is 0.571 bits per heavy atom. The third-order valence-electron chi connectivity index (χ3n) is 8.85. The van der Waals surface area contributed by atoms with Crippen LogP contribution in [0.4, 0.5) is 17.1 Å². The standard InChI is InChI=1S/C39H33N3/c1-2-12-32(13-3-1)42(40-27-29-24-30-10-8-22-41-23-9-11-31(25-29)39(30)41)33-20-18-28(19-21-33)26-38-36-16-6-4-14-34(36)35-15-5-7-17-37(35)38/h1-7,12-21,24-27H,8-11,22-23H2/b40-27+. The van der Waals surface area contributed by atoms with Crippen molar-refractivity contribution in [1.29, 1.82) is 0 Å². The Bertz CT molecular complexity index is 1750. The Labute approximate surface area is 248 Å². The zero-order valence-corrected chi connectivity index (χ0v) is 23.7. The number of hydrogen-bond donors (Lipinski definition) is 0. The van der Waals surface area contributed by atoms with Gasteiger partial charge in [0, 0.05) is 18.8 Å². The summed E-state index contributed by atoms with van der Waals surface area (Å²) in [5.74, 6) is 0. The molecule has 2 aliphatic heterocycles. The quantitative estimate of drug-likeness (QED) is 0.159. The van der Waals surface area contributed by atoms with Gasteiger partial charge in [-0.1, -0.05) is 78.9 Å². The third kappa shape index (κ3) is 4.42. The summed E-state index contributed by atoms with van der Waals surface area (Å²) in [4.78, 5) is 2.59. The molecule has 2 heterocycles. The van der Waals surface area contributed by atoms with E-state index in [0.717, 1.165) is 24.2 Å². The summed E-state index contributed by atoms with van der Waals surface area (Å²) in [6.07, 6.45) is 9.15. The first-order chi connectivity index (χ1) is 20.8. The van der Waals surface area contributed by atoms with Gasteiger partial charge in [-0.15, -0.1) is 0 Å². The lowest BCUT2D eigenvalue weighted by Crippen LogP contribution is -2.34. The van der Waals surface area contributed by atoms with E-state index in [9.17, 15) is 0 Å². The van der Waals surface area contributed by atoms with E-state index < -0.39 is 0 Å². The van der Waals surface area contributed by atoms with Gasteiger partial charge in [0.2, 0.25) is 0 Å². The van der Waals surface area contributed by atoms with Gasteiger partial charge in [-0.3, -0.25) is 0 Å². The van der Waals surface area contributed by atoms with Gasteiger partial charge in [0.1, 0.15) is 0 Å². The Hall–Kier alpha value is -4.89. The first-order valence-electron chi connectivity index (χ1n) is 15.1. The van der Waals surface area contributed by atoms with Crippen LogP contribution in [0.2, 0.25) is 0 Å². The van der Waals surface area contributed by atoms with Gasteiger partial charge in [-0.05, 0) is 118 Å². The predicted molar refractivity (Wildman–Crippen MR) is 177 cm³/mol. The Kier molecular flexibility index (Phi) is 6.22. The molecule has 204 valence electrons. The topological polar surface area (TPSA) is 18.8 Å². The van der Waals surface area contributed by atoms with Gasteiger partial charge in [-0.25, -0.2) is 5.01 Å². The lowest BCUT2D eigenvalue weighted by Gasteiger charge is -2.37. The monoisotopic (exact) mass is 543 g/mol. The maximum absolute atomic E-state index is 5.07. The second-order valence-corrected chi connectivity index (χ2v) is 11.5. The fourth-order valence-corrected chi connectivity index (χ4v) is 6.97. The first-order valence-corrected chi connectivity index (χ1v) is 15.1. The van der Waals surface area contributed by atoms with Gasteiger partial charge in [0.15, 0.2) is 0 Å². The molecule has 0 saturated carbocycles. The molecular formula is C39H33N3. The van der Waals surface area contributed by atoms with Crippen LogP contribution in [0.15, 0.2) is 120 Å². The molecule has 1 aliphatic carbocycles. The molecule has 8 rings (SSSR count). The van der Waals surface area contributed by atoms with Crippen molar-refractivity contribution in [3.8, 4) is 11.1 Å². The molecule has 0 atom stereocenters. The summed E-state index contributed by atoms with van der Waals surface area (Å²) in [6.45, 7) is 2.39. The highest BCUT2D eigenvalue weighted by Crippen LogP contribution is 2.45. The Morgan fingerprint density at radius 3 is 1.74 bits per heavy atom. The molecule has 0 radical (unpaired) electrons. The normalized spacial score (nSPS) is 14.9. The van der Waals surface area contributed by atoms with Crippen molar-refractivity contribution in [2.75, 3.05) is 23.0 Å². The maximum atomic E-state index is 5.07. The lowest BCUT2D eigenvalue weighted by atomic mass is 9.90. The van der Waals surface area contributed by atoms with Crippen LogP contribution in [0.1, 0.15) is 46.2 Å². The van der Waals surface area contributed by atoms with Crippen LogP contribution in [-0.4, -0.2) is 19.3 Å². The van der Waals surface area contributed by atoms with Crippen LogP contribution in [-0.2, 0) is 12.8 Å². The summed E-state index contributed by atoms with van der Waals surface area (Å²) in [5, 5.41) is 7.12. The number of benzene rings is 5. The van der Waals surface area contributed by atoms with Crippen molar-refractivity contribution in [1.82, 2.24) is 0 Å². The van der Waals surface area contributed by atoms with Gasteiger partial charge in [0.05, 0.1) is 17.6 Å². The van der Waals surface area contributed by atoms with Crippen molar-refractivity contribution >= 4 is 34.9 Å². The van der Waals surface area contributed by atoms with Crippen LogP contribution in [0.5, 0.6) is 0 Å². The van der Waals surface area contributed by atoms with Crippen LogP contribution in [0, 0.1) is 0 Å². The van der Waals surface area contributed by atoms with E-state index in [0.29, 0.717) is 0 Å². The van der Waals surface area contributed by atoms with Gasteiger partial charge in [0.25, 0.3) is 0 Å². The molecular weight excluding hydrogens is 510 g/mol. The molecule has 5 aromatic carbocycles. The molecule has 0 fully saturated rings. The van der Waals surface area contributed by atoms with Crippen molar-refractivity contribution in [2.45, 2.75) is 25.7 Å². The average Bonchev–Trinajstić information content (AvgIpc) is 3.36. The molecule has 0 N–H and O–H groups in total. The Morgan fingerprint density at radius 2 is 1.12 bits per heavy atom. The van der Waals surface area contributed by atoms with Crippen molar-refractivity contribution in [3.63, 3.8) is 0 Å². The predicted octanol–water partition coefficient (Wildman–Crippen LogP) is 9.13. The van der Waals surface area contributed by atoms with E-state index in [2.05, 4.69) is 126 Å². The van der Waals surface area contributed by atoms with Crippen molar-refractivity contribution in [2.24, 2.45) is 5.10 Å². The highest BCUT2D eigenvalue weighted by atomic mass is 15.5. The zero-order chi connectivity index (χ0) is 27.9. The first kappa shape index (κ1) is 24.9. The van der Waals surface area contributed by atoms with Crippen molar-refractivity contribution < 1.29 is 0 Å². The molecule has 42 heavy (non-hydrogen) atoms. The summed E-state index contributed by atoms with van der Waals surface area (Å²) in [7, 11) is 0. The van der Waals surface area contributed by atoms with Crippen LogP contribution >= 0.6 is 0 Å². The Balaban J connectivity index is 1.13. The maximum Gasteiger partial charge on any atom is 0.0653 e. The van der Waals surface area contributed by atoms with Gasteiger partial charge < -0.3 is 4.90 Å². The molecule has 3 heteroatoms. The number of hydrazone groups is 1. The van der Waals surface area contributed by atoms with E-state index in [1.165, 1.54) is 81.7 Å². The summed E-state index contributed by atoms with van der Waals surface area (Å²) in [6, 6.07) is 41.3. The highest BCUT2D eigenvalue weighted by Gasteiger charge is 2.24. The van der Waals surface area contributed by atoms with E-state index in [1.807, 2.05) is 11.2 Å². The van der Waals surface area contributed by atoms with Gasteiger partial charge >= 0.3 is 0 Å². The summed E-state index contributed by atoms with van der Waals surface area (Å²) < 4.78 is 0. The zero-order valence-electron chi connectivity index (χ0n) is 23.7. The van der Waals surface area contributed by atoms with Crippen LogP contribution in [0.25, 0.3) is 22.8 Å². The summed E-state index contributed by atoms with van der Waals surface area (Å²) >= 11 is 0. The number of hydrogen-bond acceptors (Lipinski definition) is 3. The molecule has 0 unspecified atom stereocenters. The fourth-order valence-electron chi connectivity index (χ4n) is 6.97. The highest BCUT2D eigenvalue weighted by molar-refractivity contribution is 6.06. The van der Waals surface area contributed by atoms with Crippen molar-refractivity contribution in [3.05, 3.63) is 149 Å². The number of para-hydroxylation sites is 1. The number of rotatable bonds is 5. The second-order valence-electron chi connectivity index (χ2n) is 11.5. The van der Waals surface area contributed by atoms with Crippen LogP contribution < -0.4 is 9.91 Å². The molecule has 5 aromatic rings. The minimum atomic E-state index is 1.04. The largest absolute Gasteiger partial charge is 0.371 e. The van der Waals surface area contributed by atoms with E-state index >= 15 is 0 Å². The smallest absolute Gasteiger partial charge is 0.0653 e. The molecule has 3 nitrogen and oxygen atoms in total. The molecule has 0 spiro atoms. The molecule has 0 aromatic heterocycles. The number of nitrogens with zero attached hydrogens (tertiary/aromatic N) is 3. The number of fused-ring (bicyclic) bond motifs is 3.